The SMILES string of the molecule is CCCCCCc1ccc(C(=O)NCc2nnc(SCc3cccc(C)c3)n2-c2ccc([N+](=O)[O-])cc2)cc1. The molecule has 39 heavy (non-hydrogen) atoms. The van der Waals surface area contributed by atoms with Crippen molar-refractivity contribution in [2.24, 2.45) is 0 Å². The van der Waals surface area contributed by atoms with Crippen LogP contribution in [0.5, 0.6) is 0 Å². The maximum Gasteiger partial charge on any atom is 0.269 e. The highest BCUT2D eigenvalue weighted by Gasteiger charge is 2.17. The molecule has 4 rings (SSSR count). The van der Waals surface area contributed by atoms with E-state index in [4.69, 9.17) is 0 Å². The molecule has 3 aromatic carbocycles. The summed E-state index contributed by atoms with van der Waals surface area (Å²) in [5.74, 6) is 1.03. The van der Waals surface area contributed by atoms with E-state index in [0.717, 1.165) is 18.4 Å². The van der Waals surface area contributed by atoms with E-state index in [9.17, 15) is 14.9 Å². The fraction of sp³-hybridized carbons (Fsp3) is 0.300. The summed E-state index contributed by atoms with van der Waals surface area (Å²) >= 11 is 1.52. The average molecular weight is 544 g/mol. The number of nitrogens with zero attached hydrogens (tertiary/aromatic N) is 4. The second kappa shape index (κ2) is 13.7. The van der Waals surface area contributed by atoms with Crippen LogP contribution in [-0.4, -0.2) is 25.6 Å². The Morgan fingerprint density at radius 2 is 1.74 bits per heavy atom. The van der Waals surface area contributed by atoms with Gasteiger partial charge >= 0.3 is 0 Å². The number of amides is 1. The number of aromatic nitrogens is 3. The lowest BCUT2D eigenvalue weighted by Gasteiger charge is -2.11. The number of nitro benzene ring substituents is 1. The Kier molecular flexibility index (Phi) is 9.85. The molecule has 202 valence electrons. The minimum atomic E-state index is -0.430. The van der Waals surface area contributed by atoms with Gasteiger partial charge < -0.3 is 5.32 Å². The van der Waals surface area contributed by atoms with Gasteiger partial charge in [-0.25, -0.2) is 0 Å². The number of hydrogen-bond acceptors (Lipinski definition) is 6. The van der Waals surface area contributed by atoms with E-state index < -0.39 is 4.92 Å². The summed E-state index contributed by atoms with van der Waals surface area (Å²) < 4.78 is 1.84. The number of benzene rings is 3. The van der Waals surface area contributed by atoms with E-state index in [-0.39, 0.29) is 18.1 Å². The molecule has 0 aliphatic rings. The standard InChI is InChI=1S/C30H33N5O3S/c1-3-4-5-6-9-23-11-13-25(14-12-23)29(36)31-20-28-32-33-30(39-21-24-10-7-8-22(2)19-24)34(28)26-15-17-27(18-16-26)35(37)38/h7-8,10-19H,3-6,9,20-21H2,1-2H3,(H,31,36). The van der Waals surface area contributed by atoms with Crippen molar-refractivity contribution in [1.82, 2.24) is 20.1 Å². The van der Waals surface area contributed by atoms with Gasteiger partial charge in [-0.15, -0.1) is 10.2 Å². The van der Waals surface area contributed by atoms with Gasteiger partial charge in [-0.2, -0.15) is 0 Å². The van der Waals surface area contributed by atoms with Crippen LogP contribution >= 0.6 is 11.8 Å². The largest absolute Gasteiger partial charge is 0.345 e. The lowest BCUT2D eigenvalue weighted by Crippen LogP contribution is -2.24. The molecule has 0 radical (unpaired) electrons. The molecule has 1 heterocycles. The smallest absolute Gasteiger partial charge is 0.269 e. The van der Waals surface area contributed by atoms with Crippen molar-refractivity contribution < 1.29 is 9.72 Å². The van der Waals surface area contributed by atoms with Crippen LogP contribution in [0.25, 0.3) is 5.69 Å². The Balaban J connectivity index is 1.48. The molecule has 1 amide bonds. The van der Waals surface area contributed by atoms with Crippen LogP contribution in [0.3, 0.4) is 0 Å². The highest BCUT2D eigenvalue weighted by atomic mass is 32.2. The topological polar surface area (TPSA) is 103 Å². The minimum absolute atomic E-state index is 0.00412. The molecule has 0 saturated heterocycles. The summed E-state index contributed by atoms with van der Waals surface area (Å²) in [7, 11) is 0. The average Bonchev–Trinajstić information content (AvgIpc) is 3.36. The fourth-order valence-electron chi connectivity index (χ4n) is 4.28. The molecule has 1 aromatic heterocycles. The number of aryl methyl sites for hydroxylation is 2. The van der Waals surface area contributed by atoms with Gasteiger partial charge in [0, 0.05) is 29.1 Å². The van der Waals surface area contributed by atoms with Crippen LogP contribution in [-0.2, 0) is 18.7 Å². The zero-order chi connectivity index (χ0) is 27.6. The van der Waals surface area contributed by atoms with Crippen molar-refractivity contribution in [1.29, 1.82) is 0 Å². The first-order valence-corrected chi connectivity index (χ1v) is 14.2. The van der Waals surface area contributed by atoms with Crippen molar-refractivity contribution in [3.05, 3.63) is 111 Å². The quantitative estimate of drug-likeness (QED) is 0.0858. The molecule has 0 aliphatic heterocycles. The Morgan fingerprint density at radius 1 is 0.974 bits per heavy atom. The fourth-order valence-corrected chi connectivity index (χ4v) is 5.19. The molecular weight excluding hydrogens is 510 g/mol. The Bertz CT molecular complexity index is 1400. The molecule has 1 N–H and O–H groups in total. The number of nitrogens with one attached hydrogen (secondary N) is 1. The van der Waals surface area contributed by atoms with Gasteiger partial charge in [0.2, 0.25) is 0 Å². The predicted molar refractivity (Wildman–Crippen MR) is 154 cm³/mol. The van der Waals surface area contributed by atoms with E-state index in [1.165, 1.54) is 54.3 Å². The van der Waals surface area contributed by atoms with Gasteiger partial charge in [0.25, 0.3) is 11.6 Å². The van der Waals surface area contributed by atoms with Gasteiger partial charge in [0.15, 0.2) is 11.0 Å². The third-order valence-electron chi connectivity index (χ3n) is 6.41. The van der Waals surface area contributed by atoms with Gasteiger partial charge in [0.1, 0.15) is 0 Å². The van der Waals surface area contributed by atoms with E-state index >= 15 is 0 Å². The maximum atomic E-state index is 12.9. The molecule has 0 fully saturated rings. The summed E-state index contributed by atoms with van der Waals surface area (Å²) in [5.41, 5.74) is 4.84. The maximum absolute atomic E-state index is 12.9. The Morgan fingerprint density at radius 3 is 2.44 bits per heavy atom. The first kappa shape index (κ1) is 28.0. The first-order valence-electron chi connectivity index (χ1n) is 13.2. The van der Waals surface area contributed by atoms with E-state index in [1.54, 1.807) is 12.1 Å². The number of nitro groups is 1. The van der Waals surface area contributed by atoms with Crippen LogP contribution in [0.15, 0.2) is 78.0 Å². The second-order valence-electron chi connectivity index (χ2n) is 9.48. The summed E-state index contributed by atoms with van der Waals surface area (Å²) in [5, 5.41) is 23.5. The van der Waals surface area contributed by atoms with Crippen LogP contribution in [0.2, 0.25) is 0 Å². The van der Waals surface area contributed by atoms with Crippen molar-refractivity contribution in [3.8, 4) is 5.69 Å². The number of rotatable bonds is 13. The molecule has 0 atom stereocenters. The highest BCUT2D eigenvalue weighted by molar-refractivity contribution is 7.98. The van der Waals surface area contributed by atoms with Crippen molar-refractivity contribution >= 4 is 23.4 Å². The summed E-state index contributed by atoms with van der Waals surface area (Å²) in [6, 6.07) is 22.2. The van der Waals surface area contributed by atoms with E-state index in [1.807, 2.05) is 34.9 Å². The monoisotopic (exact) mass is 543 g/mol. The van der Waals surface area contributed by atoms with Crippen LogP contribution in [0.1, 0.15) is 65.5 Å². The normalized spacial score (nSPS) is 10.9. The number of carbonyl (C=O) groups excluding carboxylic acids is 1. The summed E-state index contributed by atoms with van der Waals surface area (Å²) in [6.45, 7) is 4.41. The minimum Gasteiger partial charge on any atom is -0.345 e. The van der Waals surface area contributed by atoms with Gasteiger partial charge in [0.05, 0.1) is 11.5 Å². The number of non-ortho nitro benzene ring substituents is 1. The predicted octanol–water partition coefficient (Wildman–Crippen LogP) is 6.83. The Labute approximate surface area is 233 Å². The molecule has 0 unspecified atom stereocenters. The zero-order valence-corrected chi connectivity index (χ0v) is 23.1. The third-order valence-corrected chi connectivity index (χ3v) is 7.41. The molecule has 0 aliphatic carbocycles. The van der Waals surface area contributed by atoms with Crippen molar-refractivity contribution in [3.63, 3.8) is 0 Å². The van der Waals surface area contributed by atoms with Gasteiger partial charge in [-0.1, -0.05) is 79.9 Å². The highest BCUT2D eigenvalue weighted by Crippen LogP contribution is 2.27. The van der Waals surface area contributed by atoms with Crippen LogP contribution in [0.4, 0.5) is 5.69 Å². The first-order chi connectivity index (χ1) is 18.9. The van der Waals surface area contributed by atoms with Gasteiger partial charge in [-0.05, 0) is 55.2 Å². The number of carbonyl (C=O) groups is 1. The van der Waals surface area contributed by atoms with Crippen molar-refractivity contribution in [2.45, 2.75) is 63.4 Å². The van der Waals surface area contributed by atoms with E-state index in [2.05, 4.69) is 47.6 Å². The van der Waals surface area contributed by atoms with Crippen LogP contribution in [0, 0.1) is 17.0 Å². The zero-order valence-electron chi connectivity index (χ0n) is 22.3. The molecule has 0 spiro atoms. The molecule has 0 saturated carbocycles. The lowest BCUT2D eigenvalue weighted by molar-refractivity contribution is -0.384. The molecule has 0 bridgehead atoms. The molecule has 9 heteroatoms. The van der Waals surface area contributed by atoms with Gasteiger partial charge in [-0.3, -0.25) is 19.5 Å². The number of thioether (sulfide) groups is 1. The van der Waals surface area contributed by atoms with Crippen LogP contribution < -0.4 is 5.32 Å². The number of hydrogen-bond donors (Lipinski definition) is 1. The Hall–Kier alpha value is -3.98. The lowest BCUT2D eigenvalue weighted by atomic mass is 10.0. The van der Waals surface area contributed by atoms with Crippen molar-refractivity contribution in [2.75, 3.05) is 0 Å². The molecular formula is C30H33N5O3S. The second-order valence-corrected chi connectivity index (χ2v) is 10.4. The third kappa shape index (κ3) is 7.77. The number of unbranched alkanes of at least 4 members (excludes halogenated alkanes) is 3. The molecule has 4 aromatic rings. The summed E-state index contributed by atoms with van der Waals surface area (Å²) in [4.78, 5) is 23.6. The van der Waals surface area contributed by atoms with E-state index in [0.29, 0.717) is 28.0 Å². The molecule has 8 nitrogen and oxygen atoms in total. The summed E-state index contributed by atoms with van der Waals surface area (Å²) in [6.07, 6.45) is 5.85.